The van der Waals surface area contributed by atoms with Crippen molar-refractivity contribution in [3.8, 4) is 11.5 Å². The maximum absolute atomic E-state index is 12.2. The second-order valence-corrected chi connectivity index (χ2v) is 7.67. The molecule has 29 heavy (non-hydrogen) atoms. The van der Waals surface area contributed by atoms with Crippen molar-refractivity contribution < 1.29 is 14.3 Å². The lowest BCUT2D eigenvalue weighted by Gasteiger charge is -2.12. The molecule has 3 nitrogen and oxygen atoms in total. The van der Waals surface area contributed by atoms with Gasteiger partial charge in [0.1, 0.15) is 12.4 Å². The van der Waals surface area contributed by atoms with Crippen molar-refractivity contribution in [1.29, 1.82) is 0 Å². The van der Waals surface area contributed by atoms with Crippen molar-refractivity contribution >= 4 is 5.78 Å². The van der Waals surface area contributed by atoms with Crippen molar-refractivity contribution in [3.05, 3.63) is 59.7 Å². The Hall–Kier alpha value is -2.29. The molecule has 0 aliphatic rings. The van der Waals surface area contributed by atoms with Gasteiger partial charge in [-0.1, -0.05) is 81.8 Å². The van der Waals surface area contributed by atoms with Gasteiger partial charge in [-0.3, -0.25) is 4.79 Å². The molecule has 158 valence electrons. The van der Waals surface area contributed by atoms with E-state index in [1.807, 2.05) is 48.5 Å². The predicted molar refractivity (Wildman–Crippen MR) is 120 cm³/mol. The molecule has 0 unspecified atom stereocenters. The van der Waals surface area contributed by atoms with Crippen LogP contribution < -0.4 is 9.47 Å². The van der Waals surface area contributed by atoms with E-state index in [1.54, 1.807) is 7.11 Å². The molecule has 2 aromatic rings. The van der Waals surface area contributed by atoms with Crippen LogP contribution in [-0.4, -0.2) is 12.9 Å². The van der Waals surface area contributed by atoms with Gasteiger partial charge >= 0.3 is 0 Å². The first-order valence-electron chi connectivity index (χ1n) is 11.1. The van der Waals surface area contributed by atoms with E-state index in [0.29, 0.717) is 25.2 Å². The highest BCUT2D eigenvalue weighted by Gasteiger charge is 2.08. The SMILES string of the molecule is CCCCCCCCCC(=O)CCc1ccc(OCc2ccccc2)c(OC)c1. The van der Waals surface area contributed by atoms with Crippen LogP contribution in [0.1, 0.15) is 75.8 Å². The van der Waals surface area contributed by atoms with Crippen LogP contribution >= 0.6 is 0 Å². The molecular formula is C26H36O3. The van der Waals surface area contributed by atoms with Gasteiger partial charge in [0.25, 0.3) is 0 Å². The molecule has 0 aliphatic carbocycles. The van der Waals surface area contributed by atoms with Gasteiger partial charge in [-0.25, -0.2) is 0 Å². The smallest absolute Gasteiger partial charge is 0.161 e. The van der Waals surface area contributed by atoms with E-state index in [9.17, 15) is 4.79 Å². The highest BCUT2D eigenvalue weighted by atomic mass is 16.5. The van der Waals surface area contributed by atoms with E-state index in [4.69, 9.17) is 9.47 Å². The Morgan fingerprint density at radius 2 is 1.52 bits per heavy atom. The molecule has 0 radical (unpaired) electrons. The molecule has 0 saturated heterocycles. The second-order valence-electron chi connectivity index (χ2n) is 7.67. The van der Waals surface area contributed by atoms with Crippen LogP contribution in [-0.2, 0) is 17.8 Å². The van der Waals surface area contributed by atoms with Gasteiger partial charge < -0.3 is 9.47 Å². The number of aryl methyl sites for hydroxylation is 1. The van der Waals surface area contributed by atoms with Gasteiger partial charge in [-0.05, 0) is 36.1 Å². The van der Waals surface area contributed by atoms with Crippen LogP contribution in [0.25, 0.3) is 0 Å². The van der Waals surface area contributed by atoms with Crippen molar-refractivity contribution in [3.63, 3.8) is 0 Å². The minimum absolute atomic E-state index is 0.363. The Labute approximate surface area is 176 Å². The summed E-state index contributed by atoms with van der Waals surface area (Å²) < 4.78 is 11.4. The number of unbranched alkanes of at least 4 members (excludes halogenated alkanes) is 6. The molecule has 0 N–H and O–H groups in total. The number of methoxy groups -OCH3 is 1. The third-order valence-electron chi connectivity index (χ3n) is 5.22. The third kappa shape index (κ3) is 9.17. The Balaban J connectivity index is 1.71. The summed E-state index contributed by atoms with van der Waals surface area (Å²) in [6.07, 6.45) is 10.8. The van der Waals surface area contributed by atoms with E-state index >= 15 is 0 Å². The maximum atomic E-state index is 12.2. The average Bonchev–Trinajstić information content (AvgIpc) is 2.76. The van der Waals surface area contributed by atoms with Crippen LogP contribution in [0.2, 0.25) is 0 Å². The fourth-order valence-corrected chi connectivity index (χ4v) is 3.41. The molecule has 0 atom stereocenters. The van der Waals surface area contributed by atoms with Crippen molar-refractivity contribution in [2.24, 2.45) is 0 Å². The zero-order valence-electron chi connectivity index (χ0n) is 18.1. The van der Waals surface area contributed by atoms with E-state index in [2.05, 4.69) is 6.92 Å². The van der Waals surface area contributed by atoms with Crippen molar-refractivity contribution in [2.45, 2.75) is 77.7 Å². The van der Waals surface area contributed by atoms with Gasteiger partial charge in [0.2, 0.25) is 0 Å². The van der Waals surface area contributed by atoms with E-state index in [1.165, 1.54) is 38.5 Å². The van der Waals surface area contributed by atoms with E-state index in [0.717, 1.165) is 35.5 Å². The normalized spacial score (nSPS) is 10.7. The lowest BCUT2D eigenvalue weighted by molar-refractivity contribution is -0.119. The number of hydrogen-bond donors (Lipinski definition) is 0. The summed E-state index contributed by atoms with van der Waals surface area (Å²) in [6, 6.07) is 16.0. The fourth-order valence-electron chi connectivity index (χ4n) is 3.41. The molecule has 0 aliphatic heterocycles. The van der Waals surface area contributed by atoms with Crippen LogP contribution in [0, 0.1) is 0 Å². The molecule has 0 spiro atoms. The number of Topliss-reactive ketones (excluding diaryl/α,β-unsaturated/α-hetero) is 1. The standard InChI is InChI=1S/C26H36O3/c1-3-4-5-6-7-8-12-15-24(27)18-16-22-17-19-25(26(20-22)28-2)29-21-23-13-10-9-11-14-23/h9-11,13-14,17,19-20H,3-8,12,15-16,18,21H2,1-2H3. The monoisotopic (exact) mass is 396 g/mol. The zero-order valence-corrected chi connectivity index (χ0v) is 18.1. The Bertz CT molecular complexity index is 709. The summed E-state index contributed by atoms with van der Waals surface area (Å²) in [5, 5.41) is 0. The molecule has 0 aromatic heterocycles. The molecule has 0 bridgehead atoms. The van der Waals surface area contributed by atoms with E-state index in [-0.39, 0.29) is 0 Å². The minimum atomic E-state index is 0.363. The van der Waals surface area contributed by atoms with Crippen molar-refractivity contribution in [2.75, 3.05) is 7.11 Å². The Morgan fingerprint density at radius 3 is 2.24 bits per heavy atom. The molecule has 0 amide bonds. The van der Waals surface area contributed by atoms with Gasteiger partial charge in [0, 0.05) is 12.8 Å². The second kappa shape index (κ2) is 13.8. The molecule has 3 heteroatoms. The molecule has 0 fully saturated rings. The molecule has 0 heterocycles. The first-order valence-corrected chi connectivity index (χ1v) is 11.1. The highest BCUT2D eigenvalue weighted by Crippen LogP contribution is 2.29. The van der Waals surface area contributed by atoms with Gasteiger partial charge in [-0.2, -0.15) is 0 Å². The fraction of sp³-hybridized carbons (Fsp3) is 0.500. The van der Waals surface area contributed by atoms with Gasteiger partial charge in [0.05, 0.1) is 7.11 Å². The Morgan fingerprint density at radius 1 is 0.793 bits per heavy atom. The van der Waals surface area contributed by atoms with Gasteiger partial charge in [0.15, 0.2) is 11.5 Å². The molecule has 2 aromatic carbocycles. The van der Waals surface area contributed by atoms with Crippen LogP contribution in [0.3, 0.4) is 0 Å². The van der Waals surface area contributed by atoms with Crippen LogP contribution in [0.4, 0.5) is 0 Å². The molecule has 0 saturated carbocycles. The summed E-state index contributed by atoms with van der Waals surface area (Å²) in [6.45, 7) is 2.74. The summed E-state index contributed by atoms with van der Waals surface area (Å²) in [5.41, 5.74) is 2.23. The first-order chi connectivity index (χ1) is 14.2. The number of benzene rings is 2. The highest BCUT2D eigenvalue weighted by molar-refractivity contribution is 5.78. The van der Waals surface area contributed by atoms with Crippen LogP contribution in [0.5, 0.6) is 11.5 Å². The maximum Gasteiger partial charge on any atom is 0.161 e. The lowest BCUT2D eigenvalue weighted by Crippen LogP contribution is -2.01. The first kappa shape index (κ1) is 23.0. The Kier molecular flexibility index (Phi) is 11.0. The summed E-state index contributed by atoms with van der Waals surface area (Å²) >= 11 is 0. The van der Waals surface area contributed by atoms with Crippen LogP contribution in [0.15, 0.2) is 48.5 Å². The largest absolute Gasteiger partial charge is 0.493 e. The topological polar surface area (TPSA) is 35.5 Å². The predicted octanol–water partition coefficient (Wildman–Crippen LogP) is 6.92. The minimum Gasteiger partial charge on any atom is -0.493 e. The molecular weight excluding hydrogens is 360 g/mol. The number of hydrogen-bond acceptors (Lipinski definition) is 3. The number of carbonyl (C=O) groups excluding carboxylic acids is 1. The number of ketones is 1. The lowest BCUT2D eigenvalue weighted by atomic mass is 10.0. The summed E-state index contributed by atoms with van der Waals surface area (Å²) in [7, 11) is 1.65. The molecule has 2 rings (SSSR count). The number of ether oxygens (including phenoxy) is 2. The van der Waals surface area contributed by atoms with E-state index < -0.39 is 0 Å². The zero-order chi connectivity index (χ0) is 20.7. The van der Waals surface area contributed by atoms with Gasteiger partial charge in [-0.15, -0.1) is 0 Å². The summed E-state index contributed by atoms with van der Waals surface area (Å²) in [4.78, 5) is 12.2. The number of carbonyl (C=O) groups is 1. The average molecular weight is 397 g/mol. The van der Waals surface area contributed by atoms with Crippen molar-refractivity contribution in [1.82, 2.24) is 0 Å². The summed E-state index contributed by atoms with van der Waals surface area (Å²) in [5.74, 6) is 1.81. The number of rotatable bonds is 15. The third-order valence-corrected chi connectivity index (χ3v) is 5.22. The quantitative estimate of drug-likeness (QED) is 0.307.